The predicted molar refractivity (Wildman–Crippen MR) is 177 cm³/mol. The fraction of sp³-hybridized carbons (Fsp3) is 0.857. The number of carbonyl (C=O) groups excluding carboxylic acids is 4. The summed E-state index contributed by atoms with van der Waals surface area (Å²) in [6, 6.07) is 0.584. The average Bonchev–Trinajstić information content (AvgIpc) is 2.90. The van der Waals surface area contributed by atoms with Gasteiger partial charge in [-0.25, -0.2) is 0 Å². The molecule has 0 radical (unpaired) electrons. The Morgan fingerprint density at radius 1 is 0.744 bits per heavy atom. The molecule has 0 fully saturated rings. The Hall–Kier alpha value is -0.973. The summed E-state index contributed by atoms with van der Waals surface area (Å²) in [6.07, 6.45) is 1.26. The van der Waals surface area contributed by atoms with Crippen molar-refractivity contribution in [3.05, 3.63) is 0 Å². The zero-order chi connectivity index (χ0) is 32.9. The van der Waals surface area contributed by atoms with Crippen molar-refractivity contribution in [3.63, 3.8) is 0 Å². The molecule has 0 aliphatic rings. The van der Waals surface area contributed by atoms with Crippen LogP contribution in [0.15, 0.2) is 0 Å². The van der Waals surface area contributed by atoms with E-state index < -0.39 is 32.1 Å². The number of ether oxygens (including phenoxy) is 3. The van der Waals surface area contributed by atoms with E-state index in [0.29, 0.717) is 45.3 Å². The van der Waals surface area contributed by atoms with Crippen LogP contribution in [0.5, 0.6) is 0 Å². The highest BCUT2D eigenvalue weighted by molar-refractivity contribution is 8.14. The van der Waals surface area contributed by atoms with Crippen LogP contribution in [0, 0.1) is 5.41 Å². The Morgan fingerprint density at radius 2 is 1.16 bits per heavy atom. The van der Waals surface area contributed by atoms with Gasteiger partial charge in [0.05, 0.1) is 24.7 Å². The normalized spacial score (nSPS) is 15.1. The van der Waals surface area contributed by atoms with Crippen molar-refractivity contribution in [2.45, 2.75) is 102 Å². The minimum Gasteiger partial charge on any atom is -0.465 e. The van der Waals surface area contributed by atoms with E-state index in [1.165, 1.54) is 0 Å². The average molecular weight is 688 g/mol. The molecule has 15 heteroatoms. The Kier molecular flexibility index (Phi) is 22.8. The molecule has 0 aromatic rings. The second-order valence-corrected chi connectivity index (χ2v) is 16.3. The van der Waals surface area contributed by atoms with Gasteiger partial charge in [-0.15, -0.1) is 0 Å². The summed E-state index contributed by atoms with van der Waals surface area (Å²) in [6.45, 7) is 14.4. The smallest absolute Gasteiger partial charge is 0.465 e. The van der Waals surface area contributed by atoms with Crippen LogP contribution in [0.3, 0.4) is 0 Å². The second-order valence-electron chi connectivity index (χ2n) is 10.4. The van der Waals surface area contributed by atoms with Gasteiger partial charge in [-0.1, -0.05) is 39.5 Å². The van der Waals surface area contributed by atoms with Crippen LogP contribution in [0.2, 0.25) is 6.04 Å². The third kappa shape index (κ3) is 19.9. The van der Waals surface area contributed by atoms with Crippen molar-refractivity contribution < 1.29 is 46.7 Å². The van der Waals surface area contributed by atoms with Crippen LogP contribution < -0.4 is 5.32 Å². The molecule has 11 nitrogen and oxygen atoms in total. The van der Waals surface area contributed by atoms with Crippen LogP contribution in [-0.2, 0) is 41.9 Å². The second kappa shape index (κ2) is 23.4. The van der Waals surface area contributed by atoms with Crippen molar-refractivity contribution in [2.75, 3.05) is 46.2 Å². The SMILES string of the molecule is CCO[Si](CCCNC(=O)SC(C)CC(=O)OCC(CC)(COC(=O)CC(C)S)COC(=O)CC(C)S)(OCC)OCC. The molecule has 0 saturated carbocycles. The van der Waals surface area contributed by atoms with Crippen LogP contribution in [-0.4, -0.2) is 93.9 Å². The summed E-state index contributed by atoms with van der Waals surface area (Å²) in [5, 5.41) is 1.89. The minimum atomic E-state index is -2.77. The van der Waals surface area contributed by atoms with E-state index >= 15 is 0 Å². The molecule has 1 N–H and O–H groups in total. The van der Waals surface area contributed by atoms with Gasteiger partial charge in [-0.05, 0) is 33.6 Å². The van der Waals surface area contributed by atoms with E-state index in [9.17, 15) is 19.2 Å². The van der Waals surface area contributed by atoms with Crippen molar-refractivity contribution in [1.29, 1.82) is 0 Å². The molecule has 1 amide bonds. The largest absolute Gasteiger partial charge is 0.500 e. The van der Waals surface area contributed by atoms with Crippen LogP contribution in [0.4, 0.5) is 4.79 Å². The molecule has 3 atom stereocenters. The van der Waals surface area contributed by atoms with Crippen molar-refractivity contribution in [1.82, 2.24) is 5.32 Å². The first-order valence-electron chi connectivity index (χ1n) is 14.9. The number of thiol groups is 2. The Balaban J connectivity index is 4.93. The number of hydrogen-bond acceptors (Lipinski definition) is 13. The van der Waals surface area contributed by atoms with E-state index in [-0.39, 0.29) is 60.1 Å². The molecule has 0 heterocycles. The van der Waals surface area contributed by atoms with Crippen molar-refractivity contribution >= 4 is 69.0 Å². The number of nitrogens with one attached hydrogen (secondary N) is 1. The molecule has 0 aromatic heterocycles. The number of thioether (sulfide) groups is 1. The quantitative estimate of drug-likeness (QED) is 0.0412. The summed E-state index contributed by atoms with van der Waals surface area (Å²) < 4.78 is 33.9. The maximum Gasteiger partial charge on any atom is 0.500 e. The predicted octanol–water partition coefficient (Wildman–Crippen LogP) is 5.09. The number of rotatable bonds is 24. The first-order valence-corrected chi connectivity index (χ1v) is 18.8. The Morgan fingerprint density at radius 3 is 1.53 bits per heavy atom. The number of amides is 1. The van der Waals surface area contributed by atoms with Crippen LogP contribution in [0.1, 0.15) is 80.6 Å². The fourth-order valence-corrected chi connectivity index (χ4v) is 7.47. The van der Waals surface area contributed by atoms with Crippen molar-refractivity contribution in [2.24, 2.45) is 5.41 Å². The summed E-state index contributed by atoms with van der Waals surface area (Å²) >= 11 is 9.44. The first-order chi connectivity index (χ1) is 20.3. The lowest BCUT2D eigenvalue weighted by Gasteiger charge is -2.31. The number of esters is 3. The van der Waals surface area contributed by atoms with Gasteiger partial charge in [0, 0.05) is 48.2 Å². The Bertz CT molecular complexity index is 792. The van der Waals surface area contributed by atoms with E-state index in [1.54, 1.807) is 20.8 Å². The summed E-state index contributed by atoms with van der Waals surface area (Å²) in [7, 11) is -2.77. The molecule has 3 unspecified atom stereocenters. The van der Waals surface area contributed by atoms with Crippen molar-refractivity contribution in [3.8, 4) is 0 Å². The Labute approximate surface area is 274 Å². The molecule has 0 aliphatic heterocycles. The van der Waals surface area contributed by atoms with Gasteiger partial charge in [0.1, 0.15) is 19.8 Å². The molecule has 0 saturated heterocycles. The van der Waals surface area contributed by atoms with E-state index in [1.807, 2.05) is 27.7 Å². The molecular weight excluding hydrogens is 635 g/mol. The third-order valence-corrected chi connectivity index (χ3v) is 10.5. The zero-order valence-electron chi connectivity index (χ0n) is 26.8. The van der Waals surface area contributed by atoms with Gasteiger partial charge < -0.3 is 32.8 Å². The third-order valence-electron chi connectivity index (χ3n) is 6.08. The highest BCUT2D eigenvalue weighted by Gasteiger charge is 2.39. The number of hydrogen-bond donors (Lipinski definition) is 3. The summed E-state index contributed by atoms with van der Waals surface area (Å²) in [5.74, 6) is -1.41. The maximum absolute atomic E-state index is 12.7. The van der Waals surface area contributed by atoms with E-state index in [2.05, 4.69) is 30.6 Å². The van der Waals surface area contributed by atoms with E-state index in [0.717, 1.165) is 11.8 Å². The molecule has 0 aliphatic carbocycles. The van der Waals surface area contributed by atoms with Gasteiger partial charge in [-0.3, -0.25) is 19.2 Å². The van der Waals surface area contributed by atoms with Crippen LogP contribution in [0.25, 0.3) is 0 Å². The molecule has 0 aromatic carbocycles. The molecule has 252 valence electrons. The molecule has 0 rings (SSSR count). The minimum absolute atomic E-state index is 0.0131. The highest BCUT2D eigenvalue weighted by atomic mass is 32.2. The monoisotopic (exact) mass is 687 g/mol. The number of carbonyl (C=O) groups is 4. The van der Waals surface area contributed by atoms with Gasteiger partial charge in [-0.2, -0.15) is 25.3 Å². The molecular formula is C28H53NO10S3Si. The fourth-order valence-electron chi connectivity index (χ4n) is 3.79. The van der Waals surface area contributed by atoms with E-state index in [4.69, 9.17) is 27.5 Å². The van der Waals surface area contributed by atoms with Gasteiger partial charge in [0.25, 0.3) is 5.24 Å². The molecule has 0 bridgehead atoms. The first kappa shape index (κ1) is 42.0. The summed E-state index contributed by atoms with van der Waals surface area (Å²) in [4.78, 5) is 49.5. The standard InChI is InChI=1S/C28H53NO10S3Si/c1-8-28(18-34-24(30)15-21(5)40,19-35-25(31)16-22(6)41)20-36-26(32)17-23(7)42-27(33)29-13-12-14-43(37-9-2,38-10-3)39-11-4/h21-23,40-41H,8-20H2,1-7H3,(H,29,33). The molecule has 43 heavy (non-hydrogen) atoms. The highest BCUT2D eigenvalue weighted by Crippen LogP contribution is 2.26. The van der Waals surface area contributed by atoms with Gasteiger partial charge in [0.15, 0.2) is 0 Å². The van der Waals surface area contributed by atoms with Gasteiger partial charge in [0.2, 0.25) is 0 Å². The summed E-state index contributed by atoms with van der Waals surface area (Å²) in [5.41, 5.74) is -0.919. The topological polar surface area (TPSA) is 136 Å². The molecule has 0 spiro atoms. The van der Waals surface area contributed by atoms with Crippen LogP contribution >= 0.6 is 37.0 Å². The lowest BCUT2D eigenvalue weighted by Crippen LogP contribution is -2.46. The maximum atomic E-state index is 12.7. The lowest BCUT2D eigenvalue weighted by molar-refractivity contribution is -0.162. The van der Waals surface area contributed by atoms with Gasteiger partial charge >= 0.3 is 26.7 Å². The zero-order valence-corrected chi connectivity index (χ0v) is 30.4. The lowest BCUT2D eigenvalue weighted by atomic mass is 9.88.